The van der Waals surface area contributed by atoms with Crippen LogP contribution in [-0.4, -0.2) is 24.9 Å². The van der Waals surface area contributed by atoms with Gasteiger partial charge in [-0.3, -0.25) is 0 Å². The summed E-state index contributed by atoms with van der Waals surface area (Å²) in [5.74, 6) is 0.707. The van der Waals surface area contributed by atoms with Crippen LogP contribution in [0.3, 0.4) is 0 Å². The maximum absolute atomic E-state index is 9.64. The van der Waals surface area contributed by atoms with Crippen molar-refractivity contribution in [1.29, 1.82) is 0 Å². The fourth-order valence-electron chi connectivity index (χ4n) is 1.54. The van der Waals surface area contributed by atoms with Crippen LogP contribution in [0.2, 0.25) is 0 Å². The van der Waals surface area contributed by atoms with Crippen molar-refractivity contribution in [3.05, 3.63) is 28.2 Å². The van der Waals surface area contributed by atoms with Crippen LogP contribution in [0.1, 0.15) is 38.4 Å². The highest BCUT2D eigenvalue weighted by Crippen LogP contribution is 2.28. The molecule has 1 aromatic rings. The van der Waals surface area contributed by atoms with Crippen molar-refractivity contribution in [2.24, 2.45) is 0 Å². The van der Waals surface area contributed by atoms with E-state index in [1.54, 1.807) is 6.92 Å². The van der Waals surface area contributed by atoms with Crippen molar-refractivity contribution < 1.29 is 14.6 Å². The lowest BCUT2D eigenvalue weighted by atomic mass is 10.1. The van der Waals surface area contributed by atoms with Crippen LogP contribution in [0, 0.1) is 0 Å². The second-order valence-electron chi connectivity index (χ2n) is 4.17. The summed E-state index contributed by atoms with van der Waals surface area (Å²) >= 11 is 3.40. The number of aliphatic hydroxyl groups excluding tert-OH is 1. The zero-order chi connectivity index (χ0) is 13.4. The molecule has 102 valence electrons. The first-order valence-electron chi connectivity index (χ1n) is 6.33. The molecule has 0 saturated heterocycles. The van der Waals surface area contributed by atoms with Gasteiger partial charge in [-0.25, -0.2) is 0 Å². The minimum atomic E-state index is -0.533. The Labute approximate surface area is 117 Å². The molecule has 0 saturated carbocycles. The zero-order valence-corrected chi connectivity index (χ0v) is 12.6. The highest BCUT2D eigenvalue weighted by atomic mass is 79.9. The predicted molar refractivity (Wildman–Crippen MR) is 76.0 cm³/mol. The fraction of sp³-hybridized carbons (Fsp3) is 0.571. The molecule has 0 aliphatic rings. The van der Waals surface area contributed by atoms with Gasteiger partial charge in [-0.2, -0.15) is 0 Å². The molecule has 0 aliphatic heterocycles. The lowest BCUT2D eigenvalue weighted by molar-refractivity contribution is 0.0962. The molecule has 0 bridgehead atoms. The van der Waals surface area contributed by atoms with Crippen molar-refractivity contribution in [3.8, 4) is 5.75 Å². The standard InChI is InChI=1S/C14H21BrO3/c1-3-4-7-17-8-9-18-14-10-12(15)5-6-13(14)11(2)16/h5-6,10-11,16H,3-4,7-9H2,1-2H3. The van der Waals surface area contributed by atoms with E-state index in [0.717, 1.165) is 29.5 Å². The average molecular weight is 317 g/mol. The van der Waals surface area contributed by atoms with Crippen LogP contribution in [0.5, 0.6) is 5.75 Å². The van der Waals surface area contributed by atoms with Gasteiger partial charge in [0.15, 0.2) is 0 Å². The summed E-state index contributed by atoms with van der Waals surface area (Å²) in [6, 6.07) is 5.63. The molecule has 0 radical (unpaired) electrons. The van der Waals surface area contributed by atoms with Crippen LogP contribution >= 0.6 is 15.9 Å². The van der Waals surface area contributed by atoms with Gasteiger partial charge < -0.3 is 14.6 Å². The smallest absolute Gasteiger partial charge is 0.126 e. The lowest BCUT2D eigenvalue weighted by Crippen LogP contribution is -2.09. The molecule has 4 heteroatoms. The molecule has 18 heavy (non-hydrogen) atoms. The van der Waals surface area contributed by atoms with Crippen molar-refractivity contribution in [2.75, 3.05) is 19.8 Å². The Morgan fingerprint density at radius 2 is 2.06 bits per heavy atom. The first kappa shape index (κ1) is 15.5. The van der Waals surface area contributed by atoms with Crippen LogP contribution in [-0.2, 0) is 4.74 Å². The zero-order valence-electron chi connectivity index (χ0n) is 11.0. The molecule has 1 aromatic carbocycles. The van der Waals surface area contributed by atoms with Crippen molar-refractivity contribution in [1.82, 2.24) is 0 Å². The maximum atomic E-state index is 9.64. The Bertz CT molecular complexity index is 353. The van der Waals surface area contributed by atoms with E-state index in [1.165, 1.54) is 0 Å². The number of halogens is 1. The third-order valence-electron chi connectivity index (χ3n) is 2.55. The number of unbranched alkanes of at least 4 members (excludes halogenated alkanes) is 1. The molecule has 1 N–H and O–H groups in total. The summed E-state index contributed by atoms with van der Waals surface area (Å²) in [6.45, 7) is 5.72. The largest absolute Gasteiger partial charge is 0.491 e. The van der Waals surface area contributed by atoms with Gasteiger partial charge in [-0.05, 0) is 25.5 Å². The highest BCUT2D eigenvalue weighted by Gasteiger charge is 2.09. The van der Waals surface area contributed by atoms with E-state index in [0.29, 0.717) is 19.0 Å². The third-order valence-corrected chi connectivity index (χ3v) is 3.05. The van der Waals surface area contributed by atoms with E-state index in [9.17, 15) is 5.11 Å². The van der Waals surface area contributed by atoms with Gasteiger partial charge in [0.2, 0.25) is 0 Å². The predicted octanol–water partition coefficient (Wildman–Crippen LogP) is 3.70. The van der Waals surface area contributed by atoms with Crippen molar-refractivity contribution >= 4 is 15.9 Å². The van der Waals surface area contributed by atoms with E-state index in [-0.39, 0.29) is 0 Å². The Hall–Kier alpha value is -0.580. The number of benzene rings is 1. The van der Waals surface area contributed by atoms with Gasteiger partial charge in [-0.15, -0.1) is 0 Å². The molecule has 0 aromatic heterocycles. The Kier molecular flexibility index (Phi) is 7.32. The Balaban J connectivity index is 2.43. The quantitative estimate of drug-likeness (QED) is 0.743. The summed E-state index contributed by atoms with van der Waals surface area (Å²) in [5.41, 5.74) is 0.798. The van der Waals surface area contributed by atoms with Gasteiger partial charge >= 0.3 is 0 Å². The van der Waals surface area contributed by atoms with Gasteiger partial charge in [0.25, 0.3) is 0 Å². The summed E-state index contributed by atoms with van der Waals surface area (Å²) in [4.78, 5) is 0. The Morgan fingerprint density at radius 3 is 2.72 bits per heavy atom. The second-order valence-corrected chi connectivity index (χ2v) is 5.09. The molecule has 1 unspecified atom stereocenters. The molecule has 0 heterocycles. The summed E-state index contributed by atoms with van der Waals surface area (Å²) in [6.07, 6.45) is 1.68. The normalized spacial score (nSPS) is 12.4. The first-order valence-corrected chi connectivity index (χ1v) is 7.12. The van der Waals surface area contributed by atoms with E-state index >= 15 is 0 Å². The molecule has 3 nitrogen and oxygen atoms in total. The van der Waals surface area contributed by atoms with Gasteiger partial charge in [0, 0.05) is 16.6 Å². The molecular formula is C14H21BrO3. The highest BCUT2D eigenvalue weighted by molar-refractivity contribution is 9.10. The maximum Gasteiger partial charge on any atom is 0.126 e. The van der Waals surface area contributed by atoms with Crippen LogP contribution in [0.25, 0.3) is 0 Å². The number of ether oxygens (including phenoxy) is 2. The third kappa shape index (κ3) is 5.38. The van der Waals surface area contributed by atoms with E-state index in [1.807, 2.05) is 18.2 Å². The molecule has 1 atom stereocenters. The summed E-state index contributed by atoms with van der Waals surface area (Å²) < 4.78 is 12.0. The van der Waals surface area contributed by atoms with Crippen LogP contribution in [0.15, 0.2) is 22.7 Å². The molecule has 0 fully saturated rings. The monoisotopic (exact) mass is 316 g/mol. The number of hydrogen-bond donors (Lipinski definition) is 1. The van der Waals surface area contributed by atoms with Crippen molar-refractivity contribution in [2.45, 2.75) is 32.8 Å². The second kappa shape index (κ2) is 8.51. The van der Waals surface area contributed by atoms with Gasteiger partial charge in [-0.1, -0.05) is 35.3 Å². The Morgan fingerprint density at radius 1 is 1.28 bits per heavy atom. The van der Waals surface area contributed by atoms with Crippen molar-refractivity contribution in [3.63, 3.8) is 0 Å². The average Bonchev–Trinajstić information content (AvgIpc) is 2.33. The lowest BCUT2D eigenvalue weighted by Gasteiger charge is -2.14. The fourth-order valence-corrected chi connectivity index (χ4v) is 1.88. The molecule has 0 aliphatic carbocycles. The molecule has 1 rings (SSSR count). The van der Waals surface area contributed by atoms with Crippen LogP contribution < -0.4 is 4.74 Å². The first-order chi connectivity index (χ1) is 8.65. The summed E-state index contributed by atoms with van der Waals surface area (Å²) in [7, 11) is 0. The minimum Gasteiger partial charge on any atom is -0.491 e. The molecular weight excluding hydrogens is 296 g/mol. The number of rotatable bonds is 8. The summed E-state index contributed by atoms with van der Waals surface area (Å²) in [5, 5.41) is 9.64. The van der Waals surface area contributed by atoms with Gasteiger partial charge in [0.1, 0.15) is 12.4 Å². The minimum absolute atomic E-state index is 0.500. The molecule has 0 spiro atoms. The number of hydrogen-bond acceptors (Lipinski definition) is 3. The van der Waals surface area contributed by atoms with E-state index < -0.39 is 6.10 Å². The number of aliphatic hydroxyl groups is 1. The molecule has 0 amide bonds. The van der Waals surface area contributed by atoms with E-state index in [4.69, 9.17) is 9.47 Å². The topological polar surface area (TPSA) is 38.7 Å². The van der Waals surface area contributed by atoms with Crippen LogP contribution in [0.4, 0.5) is 0 Å². The SMILES string of the molecule is CCCCOCCOc1cc(Br)ccc1C(C)O. The van der Waals surface area contributed by atoms with Gasteiger partial charge in [0.05, 0.1) is 12.7 Å². The van der Waals surface area contributed by atoms with E-state index in [2.05, 4.69) is 22.9 Å².